The molecule has 2 aromatic carbocycles. The maximum atomic E-state index is 13.0. The SMILES string of the molecule is CCn1c(SCC(=O)N[C@@H](C)C2CC2)nc2cc3ccccc3cc2c1=O. The average Bonchev–Trinajstić information content (AvgIpc) is 3.50. The second-order valence-corrected chi connectivity index (χ2v) is 8.09. The van der Waals surface area contributed by atoms with Crippen molar-refractivity contribution in [3.63, 3.8) is 0 Å². The van der Waals surface area contributed by atoms with Crippen LogP contribution in [-0.2, 0) is 11.3 Å². The average molecular weight is 382 g/mol. The standard InChI is InChI=1S/C21H23N3O2S/c1-3-24-20(26)17-10-15-6-4-5-7-16(15)11-18(17)23-21(24)27-12-19(25)22-13(2)14-8-9-14/h4-7,10-11,13-14H,3,8-9,12H2,1-2H3,(H,22,25)/t13-/m0/s1. The summed E-state index contributed by atoms with van der Waals surface area (Å²) >= 11 is 1.33. The van der Waals surface area contributed by atoms with Gasteiger partial charge in [-0.3, -0.25) is 14.2 Å². The van der Waals surface area contributed by atoms with Crippen LogP contribution in [0, 0.1) is 5.92 Å². The highest BCUT2D eigenvalue weighted by atomic mass is 32.2. The summed E-state index contributed by atoms with van der Waals surface area (Å²) < 4.78 is 1.65. The number of fused-ring (bicyclic) bond motifs is 2. The number of rotatable bonds is 6. The van der Waals surface area contributed by atoms with Crippen molar-refractivity contribution in [2.45, 2.75) is 44.4 Å². The monoisotopic (exact) mass is 381 g/mol. The second-order valence-electron chi connectivity index (χ2n) is 7.14. The number of nitrogens with one attached hydrogen (secondary N) is 1. The zero-order valence-corrected chi connectivity index (χ0v) is 16.4. The van der Waals surface area contributed by atoms with Gasteiger partial charge in [-0.15, -0.1) is 0 Å². The molecule has 0 spiro atoms. The zero-order chi connectivity index (χ0) is 19.0. The molecule has 3 aromatic rings. The van der Waals surface area contributed by atoms with Crippen molar-refractivity contribution in [2.24, 2.45) is 5.92 Å². The van der Waals surface area contributed by atoms with Crippen LogP contribution >= 0.6 is 11.8 Å². The predicted molar refractivity (Wildman–Crippen MR) is 110 cm³/mol. The Labute approximate surface area is 162 Å². The summed E-state index contributed by atoms with van der Waals surface area (Å²) in [4.78, 5) is 29.9. The van der Waals surface area contributed by atoms with E-state index in [1.165, 1.54) is 24.6 Å². The first-order valence-electron chi connectivity index (χ1n) is 9.42. The van der Waals surface area contributed by atoms with Gasteiger partial charge in [0.15, 0.2) is 5.16 Å². The van der Waals surface area contributed by atoms with Gasteiger partial charge in [-0.05, 0) is 55.5 Å². The Morgan fingerprint density at radius 2 is 2.00 bits per heavy atom. The quantitative estimate of drug-likeness (QED) is 0.403. The molecule has 1 fully saturated rings. The van der Waals surface area contributed by atoms with Crippen molar-refractivity contribution in [3.8, 4) is 0 Å². The number of hydrogen-bond acceptors (Lipinski definition) is 4. The third-order valence-electron chi connectivity index (χ3n) is 5.15. The number of benzene rings is 2. The Morgan fingerprint density at radius 3 is 2.67 bits per heavy atom. The molecule has 5 nitrogen and oxygen atoms in total. The van der Waals surface area contributed by atoms with E-state index in [4.69, 9.17) is 4.98 Å². The van der Waals surface area contributed by atoms with Crippen molar-refractivity contribution in [2.75, 3.05) is 5.75 Å². The molecule has 1 amide bonds. The van der Waals surface area contributed by atoms with Crippen LogP contribution in [0.3, 0.4) is 0 Å². The van der Waals surface area contributed by atoms with Gasteiger partial charge < -0.3 is 5.32 Å². The van der Waals surface area contributed by atoms with E-state index in [1.807, 2.05) is 43.3 Å². The Kier molecular flexibility index (Phi) is 4.91. The number of amides is 1. The topological polar surface area (TPSA) is 64.0 Å². The fourth-order valence-electron chi connectivity index (χ4n) is 3.42. The van der Waals surface area contributed by atoms with E-state index in [1.54, 1.807) is 4.57 Å². The summed E-state index contributed by atoms with van der Waals surface area (Å²) in [5, 5.41) is 6.35. The summed E-state index contributed by atoms with van der Waals surface area (Å²) in [5.41, 5.74) is 0.625. The third-order valence-corrected chi connectivity index (χ3v) is 6.13. The molecule has 0 saturated heterocycles. The van der Waals surface area contributed by atoms with Crippen molar-refractivity contribution in [1.29, 1.82) is 0 Å². The number of carbonyl (C=O) groups excluding carboxylic acids is 1. The Balaban J connectivity index is 1.63. The summed E-state index contributed by atoms with van der Waals surface area (Å²) in [6.07, 6.45) is 2.40. The molecule has 27 heavy (non-hydrogen) atoms. The fraction of sp³-hybridized carbons (Fsp3) is 0.381. The van der Waals surface area contributed by atoms with E-state index < -0.39 is 0 Å². The molecule has 1 N–H and O–H groups in total. The number of hydrogen-bond donors (Lipinski definition) is 1. The number of thioether (sulfide) groups is 1. The maximum Gasteiger partial charge on any atom is 0.262 e. The number of carbonyl (C=O) groups is 1. The predicted octanol–water partition coefficient (Wildman–Crippen LogP) is 3.58. The highest BCUT2D eigenvalue weighted by Gasteiger charge is 2.28. The van der Waals surface area contributed by atoms with Gasteiger partial charge in [0.05, 0.1) is 16.7 Å². The van der Waals surface area contributed by atoms with Crippen molar-refractivity contribution in [1.82, 2.24) is 14.9 Å². The van der Waals surface area contributed by atoms with Gasteiger partial charge in [-0.25, -0.2) is 4.98 Å². The summed E-state index contributed by atoms with van der Waals surface area (Å²) in [6.45, 7) is 4.51. The highest BCUT2D eigenvalue weighted by Crippen LogP contribution is 2.32. The molecule has 4 rings (SSSR count). The van der Waals surface area contributed by atoms with Crippen LogP contribution in [0.1, 0.15) is 26.7 Å². The van der Waals surface area contributed by atoms with Crippen LogP contribution < -0.4 is 10.9 Å². The molecule has 1 aliphatic carbocycles. The van der Waals surface area contributed by atoms with Crippen LogP contribution in [0.5, 0.6) is 0 Å². The lowest BCUT2D eigenvalue weighted by molar-refractivity contribution is -0.119. The molecule has 6 heteroatoms. The van der Waals surface area contributed by atoms with E-state index in [0.717, 1.165) is 10.8 Å². The van der Waals surface area contributed by atoms with Crippen LogP contribution in [0.15, 0.2) is 46.3 Å². The zero-order valence-electron chi connectivity index (χ0n) is 15.6. The molecule has 0 radical (unpaired) electrons. The maximum absolute atomic E-state index is 13.0. The second kappa shape index (κ2) is 7.35. The molecule has 1 saturated carbocycles. The first-order chi connectivity index (χ1) is 13.1. The van der Waals surface area contributed by atoms with Crippen molar-refractivity contribution >= 4 is 39.3 Å². The van der Waals surface area contributed by atoms with Crippen molar-refractivity contribution in [3.05, 3.63) is 46.8 Å². The van der Waals surface area contributed by atoms with Crippen LogP contribution in [-0.4, -0.2) is 27.3 Å². The normalized spacial score (nSPS) is 15.2. The summed E-state index contributed by atoms with van der Waals surface area (Å²) in [7, 11) is 0. The Bertz CT molecular complexity index is 1070. The van der Waals surface area contributed by atoms with Crippen LogP contribution in [0.25, 0.3) is 21.7 Å². The molecule has 1 aliphatic rings. The minimum Gasteiger partial charge on any atom is -0.353 e. The molecular weight excluding hydrogens is 358 g/mol. The van der Waals surface area contributed by atoms with Gasteiger partial charge in [0.25, 0.3) is 5.56 Å². The molecule has 0 unspecified atom stereocenters. The molecule has 140 valence electrons. The molecule has 0 aliphatic heterocycles. The number of aromatic nitrogens is 2. The number of nitrogens with zero attached hydrogens (tertiary/aromatic N) is 2. The Hall–Kier alpha value is -2.34. The van der Waals surface area contributed by atoms with E-state index in [9.17, 15) is 9.59 Å². The van der Waals surface area contributed by atoms with Crippen molar-refractivity contribution < 1.29 is 4.79 Å². The smallest absolute Gasteiger partial charge is 0.262 e. The van der Waals surface area contributed by atoms with E-state index >= 15 is 0 Å². The van der Waals surface area contributed by atoms with E-state index in [0.29, 0.717) is 28.5 Å². The van der Waals surface area contributed by atoms with Gasteiger partial charge in [-0.2, -0.15) is 0 Å². The summed E-state index contributed by atoms with van der Waals surface area (Å²) in [5.74, 6) is 0.887. The van der Waals surface area contributed by atoms with Crippen LogP contribution in [0.2, 0.25) is 0 Å². The van der Waals surface area contributed by atoms with Gasteiger partial charge in [-0.1, -0.05) is 36.0 Å². The molecule has 1 heterocycles. The molecule has 1 aromatic heterocycles. The van der Waals surface area contributed by atoms with Crippen LogP contribution in [0.4, 0.5) is 0 Å². The molecule has 1 atom stereocenters. The fourth-order valence-corrected chi connectivity index (χ4v) is 4.29. The molecule has 0 bridgehead atoms. The van der Waals surface area contributed by atoms with Gasteiger partial charge >= 0.3 is 0 Å². The largest absolute Gasteiger partial charge is 0.353 e. The first-order valence-corrected chi connectivity index (χ1v) is 10.4. The third kappa shape index (κ3) is 3.72. The minimum absolute atomic E-state index is 0.00471. The minimum atomic E-state index is -0.0532. The van der Waals surface area contributed by atoms with Gasteiger partial charge in [0.1, 0.15) is 0 Å². The summed E-state index contributed by atoms with van der Waals surface area (Å²) in [6, 6.07) is 12.0. The first kappa shape index (κ1) is 18.0. The highest BCUT2D eigenvalue weighted by molar-refractivity contribution is 7.99. The Morgan fingerprint density at radius 1 is 1.30 bits per heavy atom. The van der Waals surface area contributed by atoms with E-state index in [2.05, 4.69) is 12.2 Å². The lowest BCUT2D eigenvalue weighted by Crippen LogP contribution is -2.35. The lowest BCUT2D eigenvalue weighted by atomic mass is 10.1. The van der Waals surface area contributed by atoms with Gasteiger partial charge in [0.2, 0.25) is 5.91 Å². The molecular formula is C21H23N3O2S. The lowest BCUT2D eigenvalue weighted by Gasteiger charge is -2.14. The van der Waals surface area contributed by atoms with E-state index in [-0.39, 0.29) is 23.3 Å². The van der Waals surface area contributed by atoms with Gasteiger partial charge in [0, 0.05) is 12.6 Å².